The summed E-state index contributed by atoms with van der Waals surface area (Å²) in [5.74, 6) is 1.73. The smallest absolute Gasteiger partial charge is 0.206 e. The summed E-state index contributed by atoms with van der Waals surface area (Å²) < 4.78 is 2.37. The van der Waals surface area contributed by atoms with Crippen LogP contribution in [0, 0.1) is 0 Å². The van der Waals surface area contributed by atoms with Crippen molar-refractivity contribution in [1.82, 2.24) is 15.2 Å². The molecule has 5 heteroatoms. The highest BCUT2D eigenvalue weighted by atomic mass is 32.2. The fourth-order valence-corrected chi connectivity index (χ4v) is 7.01. The third-order valence-electron chi connectivity index (χ3n) is 7.91. The molecule has 4 nitrogen and oxygen atoms in total. The summed E-state index contributed by atoms with van der Waals surface area (Å²) >= 11 is 1.92. The number of nitrogens with one attached hydrogen (secondary N) is 2. The lowest BCUT2D eigenvalue weighted by Crippen LogP contribution is -2.63. The molecule has 2 aliphatic heterocycles. The van der Waals surface area contributed by atoms with Crippen LogP contribution in [0.15, 0.2) is 119 Å². The number of hydrogen-bond donors (Lipinski definition) is 2. The summed E-state index contributed by atoms with van der Waals surface area (Å²) in [6.07, 6.45) is 14.4. The number of nitrogens with zero attached hydrogens (tertiary/aromatic N) is 2. The molecule has 0 amide bonds. The van der Waals surface area contributed by atoms with Crippen molar-refractivity contribution in [2.75, 3.05) is 0 Å². The Bertz CT molecular complexity index is 1660. The lowest BCUT2D eigenvalue weighted by Gasteiger charge is -2.42. The van der Waals surface area contributed by atoms with Gasteiger partial charge in [0.25, 0.3) is 0 Å². The van der Waals surface area contributed by atoms with E-state index in [1.807, 2.05) is 11.8 Å². The van der Waals surface area contributed by atoms with E-state index in [9.17, 15) is 0 Å². The predicted octanol–water partition coefficient (Wildman–Crippen LogP) is 7.59. The van der Waals surface area contributed by atoms with E-state index in [2.05, 4.69) is 131 Å². The van der Waals surface area contributed by atoms with Crippen molar-refractivity contribution in [2.24, 2.45) is 4.99 Å². The molecule has 0 saturated heterocycles. The van der Waals surface area contributed by atoms with Crippen molar-refractivity contribution in [1.29, 1.82) is 0 Å². The van der Waals surface area contributed by atoms with E-state index in [1.165, 1.54) is 38.2 Å². The van der Waals surface area contributed by atoms with Gasteiger partial charge in [0.05, 0.1) is 5.52 Å². The van der Waals surface area contributed by atoms with Crippen LogP contribution < -0.4 is 10.6 Å². The normalized spacial score (nSPS) is 23.4. The second-order valence-electron chi connectivity index (χ2n) is 10.5. The van der Waals surface area contributed by atoms with Crippen LogP contribution in [-0.4, -0.2) is 16.2 Å². The van der Waals surface area contributed by atoms with Crippen molar-refractivity contribution in [3.05, 3.63) is 131 Å². The summed E-state index contributed by atoms with van der Waals surface area (Å²) in [5, 5.41) is 8.95. The molecule has 2 N–H and O–H groups in total. The van der Waals surface area contributed by atoms with Crippen LogP contribution in [0.25, 0.3) is 17.0 Å². The molecule has 39 heavy (non-hydrogen) atoms. The van der Waals surface area contributed by atoms with Gasteiger partial charge in [-0.2, -0.15) is 0 Å². The van der Waals surface area contributed by atoms with Crippen LogP contribution in [-0.2, 0) is 12.2 Å². The minimum atomic E-state index is -0.471. The Morgan fingerprint density at radius 3 is 2.59 bits per heavy atom. The Kier molecular flexibility index (Phi) is 6.26. The van der Waals surface area contributed by atoms with E-state index in [1.54, 1.807) is 0 Å². The minimum Gasteiger partial charge on any atom is -0.334 e. The number of para-hydroxylation sites is 1. The molecule has 4 aromatic rings. The second kappa shape index (κ2) is 10.1. The van der Waals surface area contributed by atoms with Crippen molar-refractivity contribution in [3.63, 3.8) is 0 Å². The van der Waals surface area contributed by atoms with Gasteiger partial charge >= 0.3 is 0 Å². The molecule has 194 valence electrons. The molecule has 1 aliphatic carbocycles. The fourth-order valence-electron chi connectivity index (χ4n) is 5.92. The lowest BCUT2D eigenvalue weighted by molar-refractivity contribution is 0.317. The number of aliphatic imine (C=N–C) groups is 1. The van der Waals surface area contributed by atoms with Gasteiger partial charge in [0, 0.05) is 27.3 Å². The van der Waals surface area contributed by atoms with Crippen molar-refractivity contribution >= 4 is 34.7 Å². The molecule has 1 aromatic heterocycles. The number of rotatable bonds is 2. The lowest BCUT2D eigenvalue weighted by atomic mass is 9.94. The van der Waals surface area contributed by atoms with Gasteiger partial charge in [-0.05, 0) is 55.0 Å². The average Bonchev–Trinajstić information content (AvgIpc) is 3.34. The molecule has 3 aromatic carbocycles. The van der Waals surface area contributed by atoms with Crippen LogP contribution in [0.5, 0.6) is 0 Å². The molecule has 3 heterocycles. The number of fused-ring (bicyclic) bond motifs is 4. The maximum atomic E-state index is 5.34. The molecular weight excluding hydrogens is 496 g/mol. The Hall–Kier alpha value is -3.80. The van der Waals surface area contributed by atoms with Gasteiger partial charge in [0.1, 0.15) is 11.8 Å². The Labute approximate surface area is 234 Å². The molecule has 7 rings (SSSR count). The van der Waals surface area contributed by atoms with Crippen molar-refractivity contribution < 1.29 is 0 Å². The van der Waals surface area contributed by atoms with Crippen LogP contribution in [0.1, 0.15) is 48.3 Å². The maximum Gasteiger partial charge on any atom is 0.206 e. The van der Waals surface area contributed by atoms with Gasteiger partial charge in [-0.1, -0.05) is 97.1 Å². The van der Waals surface area contributed by atoms with Crippen LogP contribution >= 0.6 is 11.8 Å². The highest BCUT2D eigenvalue weighted by Gasteiger charge is 2.37. The van der Waals surface area contributed by atoms with E-state index < -0.39 is 5.66 Å². The van der Waals surface area contributed by atoms with E-state index >= 15 is 0 Å². The summed E-state index contributed by atoms with van der Waals surface area (Å²) in [5.41, 5.74) is 7.04. The third kappa shape index (κ3) is 4.46. The van der Waals surface area contributed by atoms with Crippen LogP contribution in [0.3, 0.4) is 0 Å². The first-order chi connectivity index (χ1) is 19.2. The molecule has 0 bridgehead atoms. The zero-order valence-corrected chi connectivity index (χ0v) is 22.9. The zero-order chi connectivity index (χ0) is 26.2. The summed E-state index contributed by atoms with van der Waals surface area (Å²) in [4.78, 5) is 6.68. The quantitative estimate of drug-likeness (QED) is 0.282. The number of allylic oxidation sites excluding steroid dienone is 3. The molecule has 0 fully saturated rings. The molecule has 0 spiro atoms. The number of benzene rings is 3. The molecule has 2 unspecified atom stereocenters. The monoisotopic (exact) mass is 528 g/mol. The number of hydrogen-bond acceptors (Lipinski definition) is 4. The Morgan fingerprint density at radius 2 is 1.72 bits per heavy atom. The SMILES string of the molecule is CC1(C2=CCCC=C2)NC(n2c3c(c4ccccc42)/C=C\Cc2ccccc2SC3)=NC(c2ccccc2)N1. The van der Waals surface area contributed by atoms with Crippen LogP contribution in [0.4, 0.5) is 0 Å². The molecule has 0 radical (unpaired) electrons. The first-order valence-electron chi connectivity index (χ1n) is 13.8. The van der Waals surface area contributed by atoms with Gasteiger partial charge < -0.3 is 5.32 Å². The highest BCUT2D eigenvalue weighted by Crippen LogP contribution is 2.37. The third-order valence-corrected chi connectivity index (χ3v) is 9.04. The molecule has 3 aliphatic rings. The van der Waals surface area contributed by atoms with Gasteiger partial charge in [-0.25, -0.2) is 4.99 Å². The molecular formula is C34H32N4S. The van der Waals surface area contributed by atoms with E-state index in [-0.39, 0.29) is 6.17 Å². The van der Waals surface area contributed by atoms with Gasteiger partial charge in [-0.3, -0.25) is 9.88 Å². The predicted molar refractivity (Wildman–Crippen MR) is 164 cm³/mol. The Morgan fingerprint density at radius 1 is 0.897 bits per heavy atom. The fraction of sp³-hybridized carbons (Fsp3) is 0.206. The zero-order valence-electron chi connectivity index (χ0n) is 22.1. The second-order valence-corrected chi connectivity index (χ2v) is 11.5. The minimum absolute atomic E-state index is 0.180. The highest BCUT2D eigenvalue weighted by molar-refractivity contribution is 7.98. The van der Waals surface area contributed by atoms with Gasteiger partial charge in [0.15, 0.2) is 0 Å². The topological polar surface area (TPSA) is 41.4 Å². The summed E-state index contributed by atoms with van der Waals surface area (Å²) in [6.45, 7) is 2.24. The maximum absolute atomic E-state index is 5.34. The van der Waals surface area contributed by atoms with Crippen molar-refractivity contribution in [2.45, 2.75) is 48.7 Å². The molecule has 0 saturated carbocycles. The number of thioether (sulfide) groups is 1. The number of aromatic nitrogens is 1. The van der Waals surface area contributed by atoms with Gasteiger partial charge in [0.2, 0.25) is 5.96 Å². The Balaban J connectivity index is 1.41. The first-order valence-corrected chi connectivity index (χ1v) is 14.7. The molecule has 2 atom stereocenters. The summed E-state index contributed by atoms with van der Waals surface area (Å²) in [7, 11) is 0. The first kappa shape index (κ1) is 24.3. The van der Waals surface area contributed by atoms with E-state index in [0.717, 1.165) is 36.5 Å². The average molecular weight is 529 g/mol. The largest absolute Gasteiger partial charge is 0.334 e. The summed E-state index contributed by atoms with van der Waals surface area (Å²) in [6, 6.07) is 28.1. The van der Waals surface area contributed by atoms with E-state index in [0.29, 0.717) is 0 Å². The van der Waals surface area contributed by atoms with Crippen molar-refractivity contribution in [3.8, 4) is 0 Å². The van der Waals surface area contributed by atoms with E-state index in [4.69, 9.17) is 4.99 Å². The van der Waals surface area contributed by atoms with Gasteiger partial charge in [-0.15, -0.1) is 11.8 Å². The standard InChI is InChI=1S/C34H32N4S/c1-34(26-17-6-3-7-18-26)36-32(25-14-4-2-5-15-25)35-33(37-34)38-29-21-10-9-19-27(29)28-20-12-16-24-13-8-11-22-31(24)39-23-30(28)38/h2,4-6,8-15,17-22,32,36H,3,7,16,23H2,1H3,(H,35,37)/b20-12-. The van der Waals surface area contributed by atoms with Crippen LogP contribution in [0.2, 0.25) is 0 Å².